The summed E-state index contributed by atoms with van der Waals surface area (Å²) in [5, 5.41) is 1.33. The van der Waals surface area contributed by atoms with E-state index in [2.05, 4.69) is 4.98 Å². The molecule has 4 rings (SSSR count). The molecule has 0 radical (unpaired) electrons. The van der Waals surface area contributed by atoms with Crippen LogP contribution in [0.2, 0.25) is 5.02 Å². The Hall–Kier alpha value is -2.76. The van der Waals surface area contributed by atoms with Gasteiger partial charge >= 0.3 is 0 Å². The molecular formula is C22H18ClN3OS. The lowest BCUT2D eigenvalue weighted by Gasteiger charge is -2.20. The molecule has 0 atom stereocenters. The van der Waals surface area contributed by atoms with Crippen LogP contribution in [0.4, 0.5) is 5.13 Å². The lowest BCUT2D eigenvalue weighted by Crippen LogP contribution is -2.30. The Labute approximate surface area is 172 Å². The average molecular weight is 408 g/mol. The first-order chi connectivity index (χ1) is 13.5. The SMILES string of the molecule is Cc1ccc(C(=O)N(Cc2ccncc2)c2nc3c(C)cc(Cl)cc3s2)cc1. The Kier molecular flexibility index (Phi) is 5.11. The van der Waals surface area contributed by atoms with Gasteiger partial charge in [0.2, 0.25) is 0 Å². The van der Waals surface area contributed by atoms with Gasteiger partial charge in [-0.1, -0.05) is 40.6 Å². The first-order valence-electron chi connectivity index (χ1n) is 8.85. The average Bonchev–Trinajstić information content (AvgIpc) is 3.11. The van der Waals surface area contributed by atoms with Crippen LogP contribution >= 0.6 is 22.9 Å². The van der Waals surface area contributed by atoms with Gasteiger partial charge in [0.05, 0.1) is 16.8 Å². The number of fused-ring (bicyclic) bond motifs is 1. The molecule has 4 aromatic rings. The minimum atomic E-state index is -0.0837. The molecule has 0 aliphatic heterocycles. The Morgan fingerprint density at radius 2 is 1.79 bits per heavy atom. The molecule has 140 valence electrons. The van der Waals surface area contributed by atoms with Crippen LogP contribution in [-0.2, 0) is 6.54 Å². The van der Waals surface area contributed by atoms with Crippen molar-refractivity contribution >= 4 is 44.2 Å². The first-order valence-corrected chi connectivity index (χ1v) is 10.0. The topological polar surface area (TPSA) is 46.1 Å². The number of halogens is 1. The molecule has 0 aliphatic rings. The summed E-state index contributed by atoms with van der Waals surface area (Å²) in [5.74, 6) is -0.0837. The number of aromatic nitrogens is 2. The van der Waals surface area contributed by atoms with E-state index in [-0.39, 0.29) is 5.91 Å². The van der Waals surface area contributed by atoms with Crippen molar-refractivity contribution in [1.29, 1.82) is 0 Å². The van der Waals surface area contributed by atoms with Crippen molar-refractivity contribution in [3.8, 4) is 0 Å². The molecule has 0 fully saturated rings. The summed E-state index contributed by atoms with van der Waals surface area (Å²) < 4.78 is 0.969. The van der Waals surface area contributed by atoms with Gasteiger partial charge in [-0.05, 0) is 61.4 Å². The van der Waals surface area contributed by atoms with Gasteiger partial charge in [0, 0.05) is 23.0 Å². The van der Waals surface area contributed by atoms with Crippen molar-refractivity contribution in [3.63, 3.8) is 0 Å². The molecular weight excluding hydrogens is 390 g/mol. The second kappa shape index (κ2) is 7.70. The van der Waals surface area contributed by atoms with Crippen LogP contribution in [0, 0.1) is 13.8 Å². The maximum Gasteiger partial charge on any atom is 0.260 e. The third-order valence-electron chi connectivity index (χ3n) is 4.50. The summed E-state index contributed by atoms with van der Waals surface area (Å²) in [6, 6.07) is 15.2. The van der Waals surface area contributed by atoms with Crippen LogP contribution in [0.3, 0.4) is 0 Å². The first kappa shape index (κ1) is 18.6. The molecule has 2 aromatic heterocycles. The molecule has 0 unspecified atom stereocenters. The normalized spacial score (nSPS) is 11.0. The fourth-order valence-corrected chi connectivity index (χ4v) is 4.43. The number of aryl methyl sites for hydroxylation is 2. The van der Waals surface area contributed by atoms with E-state index in [1.54, 1.807) is 17.3 Å². The van der Waals surface area contributed by atoms with Gasteiger partial charge in [0.25, 0.3) is 5.91 Å². The van der Waals surface area contributed by atoms with Gasteiger partial charge in [-0.25, -0.2) is 4.98 Å². The Bertz CT molecular complexity index is 1140. The summed E-state index contributed by atoms with van der Waals surface area (Å²) in [6.45, 7) is 4.40. The Morgan fingerprint density at radius 3 is 2.50 bits per heavy atom. The van der Waals surface area contributed by atoms with E-state index in [0.717, 1.165) is 26.9 Å². The molecule has 0 spiro atoms. The number of pyridine rings is 1. The van der Waals surface area contributed by atoms with Crippen molar-refractivity contribution in [2.45, 2.75) is 20.4 Å². The van der Waals surface area contributed by atoms with Crippen molar-refractivity contribution in [2.24, 2.45) is 0 Å². The number of benzene rings is 2. The molecule has 4 nitrogen and oxygen atoms in total. The largest absolute Gasteiger partial charge is 0.279 e. The molecule has 2 heterocycles. The zero-order valence-corrected chi connectivity index (χ0v) is 17.1. The highest BCUT2D eigenvalue weighted by atomic mass is 35.5. The molecule has 28 heavy (non-hydrogen) atoms. The van der Waals surface area contributed by atoms with Crippen molar-refractivity contribution in [3.05, 3.63) is 88.2 Å². The second-order valence-corrected chi connectivity index (χ2v) is 8.12. The highest BCUT2D eigenvalue weighted by Crippen LogP contribution is 2.34. The lowest BCUT2D eigenvalue weighted by atomic mass is 10.1. The minimum Gasteiger partial charge on any atom is -0.279 e. The Balaban J connectivity index is 1.79. The monoisotopic (exact) mass is 407 g/mol. The predicted molar refractivity (Wildman–Crippen MR) is 115 cm³/mol. The summed E-state index contributed by atoms with van der Waals surface area (Å²) >= 11 is 7.68. The molecule has 0 aliphatic carbocycles. The number of nitrogens with zero attached hydrogens (tertiary/aromatic N) is 3. The summed E-state index contributed by atoms with van der Waals surface area (Å²) in [5.41, 5.74) is 4.61. The van der Waals surface area contributed by atoms with Gasteiger partial charge in [0.1, 0.15) is 0 Å². The van der Waals surface area contributed by atoms with Gasteiger partial charge < -0.3 is 0 Å². The quantitative estimate of drug-likeness (QED) is 0.429. The number of hydrogen-bond donors (Lipinski definition) is 0. The number of anilines is 1. The van der Waals surface area contributed by atoms with Crippen molar-refractivity contribution in [2.75, 3.05) is 4.90 Å². The molecule has 0 saturated carbocycles. The number of thiazole rings is 1. The Morgan fingerprint density at radius 1 is 1.07 bits per heavy atom. The van der Waals surface area contributed by atoms with Crippen LogP contribution < -0.4 is 4.90 Å². The van der Waals surface area contributed by atoms with Crippen molar-refractivity contribution in [1.82, 2.24) is 9.97 Å². The molecule has 1 amide bonds. The third kappa shape index (κ3) is 3.77. The van der Waals surface area contributed by atoms with E-state index in [9.17, 15) is 4.79 Å². The van der Waals surface area contributed by atoms with E-state index in [0.29, 0.717) is 22.3 Å². The smallest absolute Gasteiger partial charge is 0.260 e. The maximum absolute atomic E-state index is 13.3. The van der Waals surface area contributed by atoms with Crippen LogP contribution in [-0.4, -0.2) is 15.9 Å². The zero-order valence-electron chi connectivity index (χ0n) is 15.5. The van der Waals surface area contributed by atoms with E-state index >= 15 is 0 Å². The number of carbonyl (C=O) groups excluding carboxylic acids is 1. The van der Waals surface area contributed by atoms with Crippen LogP contribution in [0.1, 0.15) is 27.0 Å². The van der Waals surface area contributed by atoms with Crippen LogP contribution in [0.15, 0.2) is 60.9 Å². The number of amides is 1. The highest BCUT2D eigenvalue weighted by molar-refractivity contribution is 7.22. The minimum absolute atomic E-state index is 0.0837. The van der Waals surface area contributed by atoms with Gasteiger partial charge in [-0.3, -0.25) is 14.7 Å². The van der Waals surface area contributed by atoms with E-state index in [1.807, 2.05) is 62.4 Å². The predicted octanol–water partition coefficient (Wildman–Crippen LogP) is 5.81. The molecule has 0 bridgehead atoms. The van der Waals surface area contributed by atoms with Gasteiger partial charge in [-0.2, -0.15) is 0 Å². The molecule has 2 aromatic carbocycles. The molecule has 6 heteroatoms. The van der Waals surface area contributed by atoms with Crippen LogP contribution in [0.25, 0.3) is 10.2 Å². The second-order valence-electron chi connectivity index (χ2n) is 6.68. The third-order valence-corrected chi connectivity index (χ3v) is 5.75. The van der Waals surface area contributed by atoms with Gasteiger partial charge in [0.15, 0.2) is 5.13 Å². The fraction of sp³-hybridized carbons (Fsp3) is 0.136. The van der Waals surface area contributed by atoms with Gasteiger partial charge in [-0.15, -0.1) is 0 Å². The summed E-state index contributed by atoms with van der Waals surface area (Å²) in [4.78, 5) is 23.9. The molecule has 0 N–H and O–H groups in total. The van der Waals surface area contributed by atoms with E-state index in [1.165, 1.54) is 11.3 Å². The standard InChI is InChI=1S/C22H18ClN3OS/c1-14-3-5-17(6-4-14)21(27)26(13-16-7-9-24-10-8-16)22-25-20-15(2)11-18(23)12-19(20)28-22/h3-12H,13H2,1-2H3. The van der Waals surface area contributed by atoms with E-state index in [4.69, 9.17) is 16.6 Å². The zero-order chi connectivity index (χ0) is 19.7. The lowest BCUT2D eigenvalue weighted by molar-refractivity contribution is 0.0985. The summed E-state index contributed by atoms with van der Waals surface area (Å²) in [6.07, 6.45) is 3.46. The highest BCUT2D eigenvalue weighted by Gasteiger charge is 2.22. The number of hydrogen-bond acceptors (Lipinski definition) is 4. The van der Waals surface area contributed by atoms with Crippen LogP contribution in [0.5, 0.6) is 0 Å². The number of carbonyl (C=O) groups is 1. The summed E-state index contributed by atoms with van der Waals surface area (Å²) in [7, 11) is 0. The molecule has 0 saturated heterocycles. The maximum atomic E-state index is 13.3. The number of rotatable bonds is 4. The van der Waals surface area contributed by atoms with E-state index < -0.39 is 0 Å². The fourth-order valence-electron chi connectivity index (χ4n) is 3.01. The van der Waals surface area contributed by atoms with Crippen molar-refractivity contribution < 1.29 is 4.79 Å².